The zero-order chi connectivity index (χ0) is 13.7. The van der Waals surface area contributed by atoms with Gasteiger partial charge in [0.1, 0.15) is 0 Å². The molecule has 0 unspecified atom stereocenters. The summed E-state index contributed by atoms with van der Waals surface area (Å²) in [6.07, 6.45) is 2.52. The first-order valence-electron chi connectivity index (χ1n) is 6.19. The third-order valence-electron chi connectivity index (χ3n) is 2.70. The first kappa shape index (κ1) is 13.1. The first-order valence-corrected chi connectivity index (χ1v) is 6.19. The predicted molar refractivity (Wildman–Crippen MR) is 71.7 cm³/mol. The van der Waals surface area contributed by atoms with Crippen LogP contribution >= 0.6 is 0 Å². The van der Waals surface area contributed by atoms with Crippen molar-refractivity contribution in [1.82, 2.24) is 20.8 Å². The lowest BCUT2D eigenvalue weighted by atomic mass is 10.1. The van der Waals surface area contributed by atoms with Gasteiger partial charge in [-0.25, -0.2) is 0 Å². The molecule has 1 heterocycles. The molecule has 6 heteroatoms. The molecule has 3 N–H and O–H groups in total. The standard InChI is InChI=1S/C13H16N4O2/c1-2-6-14-11(18)8-15-13(19)10-5-3-4-9-7-16-17-12(9)10/h3-5,7H,2,6,8H2,1H3,(H,14,18)(H,15,19)(H,16,17). The van der Waals surface area contributed by atoms with Crippen LogP contribution in [0.2, 0.25) is 0 Å². The minimum atomic E-state index is -0.290. The molecule has 0 aliphatic heterocycles. The van der Waals surface area contributed by atoms with E-state index in [0.29, 0.717) is 17.6 Å². The molecule has 0 fully saturated rings. The van der Waals surface area contributed by atoms with E-state index in [1.54, 1.807) is 18.3 Å². The number of H-pyrrole nitrogens is 1. The van der Waals surface area contributed by atoms with Gasteiger partial charge >= 0.3 is 0 Å². The van der Waals surface area contributed by atoms with Gasteiger partial charge < -0.3 is 10.6 Å². The van der Waals surface area contributed by atoms with Crippen LogP contribution in [0.25, 0.3) is 10.9 Å². The van der Waals surface area contributed by atoms with Gasteiger partial charge in [0.2, 0.25) is 5.91 Å². The second-order valence-corrected chi connectivity index (χ2v) is 4.17. The highest BCUT2D eigenvalue weighted by molar-refractivity contribution is 6.06. The Kier molecular flexibility index (Phi) is 4.12. The highest BCUT2D eigenvalue weighted by Crippen LogP contribution is 2.15. The number of benzene rings is 1. The highest BCUT2D eigenvalue weighted by atomic mass is 16.2. The van der Waals surface area contributed by atoms with Crippen molar-refractivity contribution in [2.24, 2.45) is 0 Å². The quantitative estimate of drug-likeness (QED) is 0.743. The van der Waals surface area contributed by atoms with E-state index in [-0.39, 0.29) is 18.4 Å². The van der Waals surface area contributed by atoms with Gasteiger partial charge in [-0.15, -0.1) is 0 Å². The number of amides is 2. The minimum Gasteiger partial charge on any atom is -0.355 e. The van der Waals surface area contributed by atoms with Crippen molar-refractivity contribution in [2.45, 2.75) is 13.3 Å². The van der Waals surface area contributed by atoms with E-state index < -0.39 is 0 Å². The van der Waals surface area contributed by atoms with Crippen molar-refractivity contribution in [2.75, 3.05) is 13.1 Å². The topological polar surface area (TPSA) is 86.9 Å². The number of para-hydroxylation sites is 1. The Balaban J connectivity index is 2.00. The van der Waals surface area contributed by atoms with Crippen LogP contribution < -0.4 is 10.6 Å². The maximum absolute atomic E-state index is 12.0. The molecule has 0 aliphatic carbocycles. The molecule has 0 bridgehead atoms. The fourth-order valence-electron chi connectivity index (χ4n) is 1.74. The van der Waals surface area contributed by atoms with Crippen molar-refractivity contribution < 1.29 is 9.59 Å². The molecule has 1 aromatic carbocycles. The van der Waals surface area contributed by atoms with E-state index in [0.717, 1.165) is 11.8 Å². The number of aromatic amines is 1. The zero-order valence-corrected chi connectivity index (χ0v) is 10.7. The lowest BCUT2D eigenvalue weighted by Gasteiger charge is -2.06. The highest BCUT2D eigenvalue weighted by Gasteiger charge is 2.11. The number of nitrogens with one attached hydrogen (secondary N) is 3. The number of rotatable bonds is 5. The second kappa shape index (κ2) is 5.99. The van der Waals surface area contributed by atoms with Gasteiger partial charge in [0.25, 0.3) is 5.91 Å². The van der Waals surface area contributed by atoms with Crippen molar-refractivity contribution in [3.63, 3.8) is 0 Å². The van der Waals surface area contributed by atoms with Crippen LogP contribution in [0.3, 0.4) is 0 Å². The summed E-state index contributed by atoms with van der Waals surface area (Å²) in [6, 6.07) is 5.34. The second-order valence-electron chi connectivity index (χ2n) is 4.17. The third kappa shape index (κ3) is 3.09. The largest absolute Gasteiger partial charge is 0.355 e. The number of carbonyl (C=O) groups excluding carboxylic acids is 2. The van der Waals surface area contributed by atoms with Crippen molar-refractivity contribution in [3.8, 4) is 0 Å². The summed E-state index contributed by atoms with van der Waals surface area (Å²) in [7, 11) is 0. The molecule has 0 saturated heterocycles. The average molecular weight is 260 g/mol. The third-order valence-corrected chi connectivity index (χ3v) is 2.70. The molecule has 0 saturated carbocycles. The molecule has 2 aromatic rings. The van der Waals surface area contributed by atoms with Crippen LogP contribution in [0, 0.1) is 0 Å². The molecule has 0 atom stereocenters. The van der Waals surface area contributed by atoms with Crippen molar-refractivity contribution in [3.05, 3.63) is 30.0 Å². The van der Waals surface area contributed by atoms with Crippen molar-refractivity contribution in [1.29, 1.82) is 0 Å². The molecule has 2 amide bonds. The van der Waals surface area contributed by atoms with E-state index in [9.17, 15) is 9.59 Å². The Morgan fingerprint density at radius 3 is 2.95 bits per heavy atom. The zero-order valence-electron chi connectivity index (χ0n) is 10.7. The van der Waals surface area contributed by atoms with Crippen molar-refractivity contribution >= 4 is 22.7 Å². The summed E-state index contributed by atoms with van der Waals surface area (Å²) in [5.41, 5.74) is 1.16. The molecule has 0 spiro atoms. The van der Waals surface area contributed by atoms with Gasteiger partial charge in [-0.1, -0.05) is 19.1 Å². The molecule has 2 rings (SSSR count). The SMILES string of the molecule is CCCNC(=O)CNC(=O)c1cccc2cn[nH]c12. The van der Waals surface area contributed by atoms with E-state index in [1.165, 1.54) is 0 Å². The first-order chi connectivity index (χ1) is 9.22. The molecule has 0 radical (unpaired) electrons. The summed E-state index contributed by atoms with van der Waals surface area (Å²) in [6.45, 7) is 2.56. The monoisotopic (exact) mass is 260 g/mol. The summed E-state index contributed by atoms with van der Waals surface area (Å²) >= 11 is 0. The molecule has 100 valence electrons. The Morgan fingerprint density at radius 2 is 2.16 bits per heavy atom. The maximum atomic E-state index is 12.0. The van der Waals surface area contributed by atoms with E-state index in [2.05, 4.69) is 20.8 Å². The number of carbonyl (C=O) groups is 2. The van der Waals surface area contributed by atoms with Crippen LogP contribution in [0.1, 0.15) is 23.7 Å². The summed E-state index contributed by atoms with van der Waals surface area (Å²) in [4.78, 5) is 23.4. The van der Waals surface area contributed by atoms with Gasteiger partial charge in [0.05, 0.1) is 23.8 Å². The summed E-state index contributed by atoms with van der Waals surface area (Å²) in [5.74, 6) is -0.478. The van der Waals surface area contributed by atoms with Crippen LogP contribution in [-0.2, 0) is 4.79 Å². The molecule has 1 aromatic heterocycles. The average Bonchev–Trinajstić information content (AvgIpc) is 2.90. The maximum Gasteiger partial charge on any atom is 0.253 e. The number of nitrogens with zero attached hydrogens (tertiary/aromatic N) is 1. The van der Waals surface area contributed by atoms with Gasteiger partial charge in [-0.05, 0) is 12.5 Å². The molecule has 0 aliphatic rings. The number of fused-ring (bicyclic) bond motifs is 1. The van der Waals surface area contributed by atoms with Crippen LogP contribution in [-0.4, -0.2) is 35.1 Å². The smallest absolute Gasteiger partial charge is 0.253 e. The molecular formula is C13H16N4O2. The Morgan fingerprint density at radius 1 is 1.32 bits per heavy atom. The molecular weight excluding hydrogens is 244 g/mol. The fourth-order valence-corrected chi connectivity index (χ4v) is 1.74. The Bertz CT molecular complexity index is 591. The summed E-state index contributed by atoms with van der Waals surface area (Å²) < 4.78 is 0. The lowest BCUT2D eigenvalue weighted by Crippen LogP contribution is -2.37. The van der Waals surface area contributed by atoms with Crippen LogP contribution in [0.4, 0.5) is 0 Å². The lowest BCUT2D eigenvalue weighted by molar-refractivity contribution is -0.120. The van der Waals surface area contributed by atoms with E-state index in [1.807, 2.05) is 13.0 Å². The number of aromatic nitrogens is 2. The molecule has 6 nitrogen and oxygen atoms in total. The van der Waals surface area contributed by atoms with Gasteiger partial charge in [-0.3, -0.25) is 14.7 Å². The normalized spacial score (nSPS) is 10.4. The van der Waals surface area contributed by atoms with Gasteiger partial charge in [-0.2, -0.15) is 5.10 Å². The Labute approximate surface area is 110 Å². The van der Waals surface area contributed by atoms with Crippen LogP contribution in [0.5, 0.6) is 0 Å². The van der Waals surface area contributed by atoms with Crippen LogP contribution in [0.15, 0.2) is 24.4 Å². The molecule has 19 heavy (non-hydrogen) atoms. The minimum absolute atomic E-state index is 0.0244. The summed E-state index contributed by atoms with van der Waals surface area (Å²) in [5, 5.41) is 12.8. The predicted octanol–water partition coefficient (Wildman–Crippen LogP) is 0.819. The Hall–Kier alpha value is -2.37. The number of hydrogen-bond acceptors (Lipinski definition) is 3. The van der Waals surface area contributed by atoms with E-state index in [4.69, 9.17) is 0 Å². The van der Waals surface area contributed by atoms with Gasteiger partial charge in [0, 0.05) is 11.9 Å². The van der Waals surface area contributed by atoms with E-state index >= 15 is 0 Å². The fraction of sp³-hybridized carbons (Fsp3) is 0.308. The number of hydrogen-bond donors (Lipinski definition) is 3. The van der Waals surface area contributed by atoms with Gasteiger partial charge in [0.15, 0.2) is 0 Å².